The first-order valence-electron chi connectivity index (χ1n) is 9.28. The van der Waals surface area contributed by atoms with Crippen molar-refractivity contribution in [1.29, 1.82) is 0 Å². The summed E-state index contributed by atoms with van der Waals surface area (Å²) in [7, 11) is -2.31. The van der Waals surface area contributed by atoms with Crippen molar-refractivity contribution in [2.24, 2.45) is 7.05 Å². The zero-order chi connectivity index (χ0) is 21.3. The molecule has 8 nitrogen and oxygen atoms in total. The van der Waals surface area contributed by atoms with Crippen molar-refractivity contribution >= 4 is 15.8 Å². The van der Waals surface area contributed by atoms with E-state index in [4.69, 9.17) is 4.74 Å². The normalized spacial score (nSPS) is 19.0. The third-order valence-electron chi connectivity index (χ3n) is 5.06. The van der Waals surface area contributed by atoms with Crippen LogP contribution in [0.1, 0.15) is 30.9 Å². The van der Waals surface area contributed by atoms with Gasteiger partial charge >= 0.3 is 0 Å². The Morgan fingerprint density at radius 2 is 2.00 bits per heavy atom. The van der Waals surface area contributed by atoms with Gasteiger partial charge in [0, 0.05) is 30.9 Å². The topological polar surface area (TPSA) is 99.0 Å². The van der Waals surface area contributed by atoms with E-state index in [0.29, 0.717) is 0 Å². The van der Waals surface area contributed by atoms with Crippen LogP contribution in [-0.4, -0.2) is 34.3 Å². The summed E-state index contributed by atoms with van der Waals surface area (Å²) in [6.07, 6.45) is 4.95. The van der Waals surface area contributed by atoms with Crippen LogP contribution >= 0.6 is 0 Å². The van der Waals surface area contributed by atoms with Gasteiger partial charge in [0.25, 0.3) is 10.0 Å². The molecule has 2 atom stereocenters. The number of sulfonamides is 1. The zero-order valence-corrected chi connectivity index (χ0v) is 16.8. The molecule has 0 bridgehead atoms. The lowest BCUT2D eigenvalue weighted by Gasteiger charge is -2.22. The maximum absolute atomic E-state index is 14.7. The maximum Gasteiger partial charge on any atom is 0.263 e. The average molecular weight is 435 g/mol. The number of halogens is 2. The number of ether oxygens (including phenoxy) is 1. The van der Waals surface area contributed by atoms with Crippen LogP contribution in [0.2, 0.25) is 0 Å². The molecular weight excluding hydrogens is 416 g/mol. The number of nitrogens with one attached hydrogen (secondary N) is 1. The molecule has 11 heteroatoms. The predicted molar refractivity (Wildman–Crippen MR) is 103 cm³/mol. The van der Waals surface area contributed by atoms with Gasteiger partial charge in [0.1, 0.15) is 18.2 Å². The van der Waals surface area contributed by atoms with Crippen LogP contribution < -0.4 is 9.46 Å². The lowest BCUT2D eigenvalue weighted by Crippen LogP contribution is -2.22. The number of benzene rings is 1. The Kier molecular flexibility index (Phi) is 5.37. The van der Waals surface area contributed by atoms with Crippen LogP contribution in [0.25, 0.3) is 0 Å². The van der Waals surface area contributed by atoms with Gasteiger partial charge < -0.3 is 4.74 Å². The fraction of sp³-hybridized carbons (Fsp3) is 0.316. The van der Waals surface area contributed by atoms with Crippen LogP contribution in [0.3, 0.4) is 0 Å². The van der Waals surface area contributed by atoms with Gasteiger partial charge in [0.2, 0.25) is 5.95 Å². The molecule has 3 aromatic rings. The third kappa shape index (κ3) is 4.11. The zero-order valence-electron chi connectivity index (χ0n) is 16.0. The van der Waals surface area contributed by atoms with E-state index in [1.165, 1.54) is 12.1 Å². The first-order chi connectivity index (χ1) is 14.3. The van der Waals surface area contributed by atoms with Crippen LogP contribution in [0.4, 0.5) is 14.6 Å². The van der Waals surface area contributed by atoms with Gasteiger partial charge in [-0.1, -0.05) is 0 Å². The molecule has 0 unspecified atom stereocenters. The summed E-state index contributed by atoms with van der Waals surface area (Å²) in [5.74, 6) is -1.90. The van der Waals surface area contributed by atoms with E-state index in [1.807, 2.05) is 13.1 Å². The van der Waals surface area contributed by atoms with Gasteiger partial charge in [-0.25, -0.2) is 22.8 Å². The van der Waals surface area contributed by atoms with Crippen molar-refractivity contribution in [1.82, 2.24) is 19.7 Å². The quantitative estimate of drug-likeness (QED) is 0.598. The van der Waals surface area contributed by atoms with Gasteiger partial charge in [0.05, 0.1) is 4.90 Å². The molecule has 1 N–H and O–H groups in total. The molecule has 1 saturated carbocycles. The highest BCUT2D eigenvalue weighted by Gasteiger charge is 2.33. The second-order valence-electron chi connectivity index (χ2n) is 7.00. The number of hydrogen-bond donors (Lipinski definition) is 1. The standard InChI is InChI=1S/C19H19F2N5O3S/c1-26-15(7-8-24-26)13-3-2-4-16(13)29-17-6-5-12(9-14(17)20)30(27,28)25-19-10-18(21)22-11-23-19/h5-11,13,16H,2-4H2,1H3,(H,22,23,25)/t13-,16+/m1/s1. The average Bonchev–Trinajstić information content (AvgIpc) is 3.31. The molecule has 1 fully saturated rings. The Balaban J connectivity index is 1.52. The SMILES string of the molecule is Cn1nccc1[C@H]1CCC[C@@H]1Oc1ccc(S(=O)(=O)Nc2cc(F)ncn2)cc1F. The van der Waals surface area contributed by atoms with Gasteiger partial charge in [-0.2, -0.15) is 9.49 Å². The first kappa shape index (κ1) is 20.2. The van der Waals surface area contributed by atoms with Gasteiger partial charge in [-0.05, 0) is 43.5 Å². The molecule has 158 valence electrons. The van der Waals surface area contributed by atoms with E-state index < -0.39 is 21.8 Å². The summed E-state index contributed by atoms with van der Waals surface area (Å²) in [5, 5.41) is 4.18. The van der Waals surface area contributed by atoms with Crippen molar-refractivity contribution in [3.8, 4) is 5.75 Å². The summed E-state index contributed by atoms with van der Waals surface area (Å²) >= 11 is 0. The maximum atomic E-state index is 14.7. The molecule has 30 heavy (non-hydrogen) atoms. The van der Waals surface area contributed by atoms with Crippen molar-refractivity contribution in [3.63, 3.8) is 0 Å². The fourth-order valence-corrected chi connectivity index (χ4v) is 4.66. The highest BCUT2D eigenvalue weighted by molar-refractivity contribution is 7.92. The summed E-state index contributed by atoms with van der Waals surface area (Å²) < 4.78 is 62.5. The molecule has 1 aromatic carbocycles. The Morgan fingerprint density at radius 3 is 2.70 bits per heavy atom. The fourth-order valence-electron chi connectivity index (χ4n) is 3.65. The van der Waals surface area contributed by atoms with Gasteiger partial charge in [0.15, 0.2) is 11.6 Å². The van der Waals surface area contributed by atoms with Gasteiger partial charge in [-0.15, -0.1) is 0 Å². The second kappa shape index (κ2) is 7.98. The first-order valence-corrected chi connectivity index (χ1v) is 10.8. The summed E-state index contributed by atoms with van der Waals surface area (Å²) in [4.78, 5) is 6.55. The molecule has 1 aliphatic carbocycles. The number of hydrogen-bond acceptors (Lipinski definition) is 6. The highest BCUT2D eigenvalue weighted by Crippen LogP contribution is 2.37. The third-order valence-corrected chi connectivity index (χ3v) is 6.41. The molecule has 0 aliphatic heterocycles. The Morgan fingerprint density at radius 1 is 1.17 bits per heavy atom. The molecule has 2 aromatic heterocycles. The minimum atomic E-state index is -4.16. The lowest BCUT2D eigenvalue weighted by molar-refractivity contribution is 0.179. The Hall–Kier alpha value is -3.08. The van der Waals surface area contributed by atoms with Crippen LogP contribution in [0.15, 0.2) is 47.8 Å². The molecular formula is C19H19F2N5O3S. The largest absolute Gasteiger partial charge is 0.487 e. The second-order valence-corrected chi connectivity index (χ2v) is 8.68. The van der Waals surface area contributed by atoms with E-state index in [9.17, 15) is 17.2 Å². The smallest absolute Gasteiger partial charge is 0.263 e. The number of anilines is 1. The van der Waals surface area contributed by atoms with E-state index in [0.717, 1.165) is 43.4 Å². The molecule has 0 radical (unpaired) electrons. The summed E-state index contributed by atoms with van der Waals surface area (Å²) in [5.41, 5.74) is 1.01. The van der Waals surface area contributed by atoms with Gasteiger partial charge in [-0.3, -0.25) is 9.40 Å². The lowest BCUT2D eigenvalue weighted by atomic mass is 10.0. The molecule has 0 amide bonds. The summed E-state index contributed by atoms with van der Waals surface area (Å²) in [6, 6.07) is 6.11. The molecule has 4 rings (SSSR count). The number of aromatic nitrogens is 4. The molecule has 1 aliphatic rings. The summed E-state index contributed by atoms with van der Waals surface area (Å²) in [6.45, 7) is 0. The monoisotopic (exact) mass is 435 g/mol. The molecule has 0 spiro atoms. The van der Waals surface area contributed by atoms with Crippen LogP contribution in [-0.2, 0) is 17.1 Å². The van der Waals surface area contributed by atoms with Crippen molar-refractivity contribution < 1.29 is 21.9 Å². The van der Waals surface area contributed by atoms with E-state index >= 15 is 0 Å². The van der Waals surface area contributed by atoms with Crippen molar-refractivity contribution in [2.75, 3.05) is 4.72 Å². The predicted octanol–water partition coefficient (Wildman–Crippen LogP) is 3.00. The van der Waals surface area contributed by atoms with E-state index in [-0.39, 0.29) is 28.5 Å². The molecule has 0 saturated heterocycles. The number of rotatable bonds is 6. The molecule has 2 heterocycles. The number of nitrogens with zero attached hydrogens (tertiary/aromatic N) is 4. The van der Waals surface area contributed by atoms with Crippen LogP contribution in [0.5, 0.6) is 5.75 Å². The minimum Gasteiger partial charge on any atom is -0.487 e. The van der Waals surface area contributed by atoms with Crippen molar-refractivity contribution in [2.45, 2.75) is 36.2 Å². The Labute approximate surface area is 172 Å². The van der Waals surface area contributed by atoms with E-state index in [1.54, 1.807) is 10.9 Å². The minimum absolute atomic E-state index is 0.0268. The van der Waals surface area contributed by atoms with Crippen LogP contribution in [0, 0.1) is 11.8 Å². The number of aryl methyl sites for hydroxylation is 1. The highest BCUT2D eigenvalue weighted by atomic mass is 32.2. The van der Waals surface area contributed by atoms with Crippen molar-refractivity contribution in [3.05, 3.63) is 60.3 Å². The Bertz CT molecular complexity index is 1170. The van der Waals surface area contributed by atoms with E-state index in [2.05, 4.69) is 19.8 Å².